The molecule has 0 saturated carbocycles. The van der Waals surface area contributed by atoms with Gasteiger partial charge in [-0.25, -0.2) is 4.98 Å². The number of aliphatic hydroxyl groups excluding tert-OH is 2. The van der Waals surface area contributed by atoms with Crippen LogP contribution in [0.1, 0.15) is 6.92 Å². The van der Waals surface area contributed by atoms with E-state index in [1.54, 1.807) is 6.92 Å². The van der Waals surface area contributed by atoms with Crippen LogP contribution in [0.2, 0.25) is 0 Å². The highest BCUT2D eigenvalue weighted by Crippen LogP contribution is 2.27. The molecule has 0 fully saturated rings. The first-order valence-electron chi connectivity index (χ1n) is 4.11. The second kappa shape index (κ2) is 4.51. The van der Waals surface area contributed by atoms with E-state index < -0.39 is 10.5 Å². The number of rotatable bonds is 5. The molecule has 0 atom stereocenters. The van der Waals surface area contributed by atoms with Gasteiger partial charge in [-0.1, -0.05) is 0 Å². The van der Waals surface area contributed by atoms with E-state index in [9.17, 15) is 10.1 Å². The average molecular weight is 233 g/mol. The Balaban J connectivity index is 2.76. The molecule has 3 N–H and O–H groups in total. The second-order valence-electron chi connectivity index (χ2n) is 3.26. The molecule has 0 aliphatic rings. The Kier molecular flexibility index (Phi) is 3.56. The summed E-state index contributed by atoms with van der Waals surface area (Å²) in [5, 5.41) is 31.3. The molecular formula is C7H11N3O4S. The monoisotopic (exact) mass is 233 g/mol. The van der Waals surface area contributed by atoms with Crippen LogP contribution in [0.25, 0.3) is 0 Å². The smallest absolute Gasteiger partial charge is 0.345 e. The number of nitrogens with one attached hydrogen (secondary N) is 1. The third kappa shape index (κ3) is 2.85. The number of thiazole rings is 1. The Labute approximate surface area is 89.5 Å². The van der Waals surface area contributed by atoms with Gasteiger partial charge in [-0.2, -0.15) is 0 Å². The molecule has 84 valence electrons. The number of hydrogen-bond acceptors (Lipinski definition) is 7. The van der Waals surface area contributed by atoms with Crippen LogP contribution in [0.5, 0.6) is 0 Å². The van der Waals surface area contributed by atoms with Crippen LogP contribution in [0, 0.1) is 10.1 Å². The quantitative estimate of drug-likeness (QED) is 0.495. The van der Waals surface area contributed by atoms with Gasteiger partial charge in [0, 0.05) is 0 Å². The van der Waals surface area contributed by atoms with Crippen molar-refractivity contribution >= 4 is 21.5 Å². The summed E-state index contributed by atoms with van der Waals surface area (Å²) >= 11 is 0.855. The summed E-state index contributed by atoms with van der Waals surface area (Å²) in [6.07, 6.45) is 1.13. The van der Waals surface area contributed by atoms with Crippen LogP contribution in [0.3, 0.4) is 0 Å². The highest BCUT2D eigenvalue weighted by atomic mass is 32.1. The molecule has 0 bridgehead atoms. The maximum atomic E-state index is 10.4. The first-order valence-corrected chi connectivity index (χ1v) is 4.92. The number of nitrogens with zero attached hydrogens (tertiary/aromatic N) is 2. The van der Waals surface area contributed by atoms with Crippen LogP contribution in [-0.4, -0.2) is 38.9 Å². The van der Waals surface area contributed by atoms with E-state index in [1.165, 1.54) is 0 Å². The summed E-state index contributed by atoms with van der Waals surface area (Å²) in [4.78, 5) is 13.6. The molecule has 0 amide bonds. The Hall–Kier alpha value is -1.25. The summed E-state index contributed by atoms with van der Waals surface area (Å²) in [6, 6.07) is 0. The Morgan fingerprint density at radius 1 is 1.67 bits per heavy atom. The van der Waals surface area contributed by atoms with Gasteiger partial charge in [0.25, 0.3) is 0 Å². The lowest BCUT2D eigenvalue weighted by Crippen LogP contribution is -2.42. The van der Waals surface area contributed by atoms with Gasteiger partial charge in [-0.3, -0.25) is 10.1 Å². The first-order chi connectivity index (χ1) is 7.00. The molecule has 0 unspecified atom stereocenters. The van der Waals surface area contributed by atoms with Crippen molar-refractivity contribution in [2.45, 2.75) is 12.5 Å². The zero-order chi connectivity index (χ0) is 11.5. The van der Waals surface area contributed by atoms with Crippen LogP contribution in [0.15, 0.2) is 6.20 Å². The fourth-order valence-electron chi connectivity index (χ4n) is 0.795. The summed E-state index contributed by atoms with van der Waals surface area (Å²) in [5.74, 6) is 0. The average Bonchev–Trinajstić information content (AvgIpc) is 2.66. The summed E-state index contributed by atoms with van der Waals surface area (Å²) in [7, 11) is 0. The van der Waals surface area contributed by atoms with Crippen molar-refractivity contribution < 1.29 is 15.1 Å². The Morgan fingerprint density at radius 3 is 2.67 bits per heavy atom. The maximum absolute atomic E-state index is 10.4. The van der Waals surface area contributed by atoms with Crippen molar-refractivity contribution in [1.82, 2.24) is 4.98 Å². The van der Waals surface area contributed by atoms with Gasteiger partial charge in [0.2, 0.25) is 0 Å². The van der Waals surface area contributed by atoms with Gasteiger partial charge in [-0.15, -0.1) is 0 Å². The lowest BCUT2D eigenvalue weighted by atomic mass is 10.1. The zero-order valence-corrected chi connectivity index (χ0v) is 8.82. The number of hydrogen-bond donors (Lipinski definition) is 3. The van der Waals surface area contributed by atoms with Gasteiger partial charge in [-0.05, 0) is 18.3 Å². The molecule has 0 radical (unpaired) electrons. The van der Waals surface area contributed by atoms with Gasteiger partial charge in [0.1, 0.15) is 6.20 Å². The Bertz CT molecular complexity index is 350. The van der Waals surface area contributed by atoms with Crippen LogP contribution in [-0.2, 0) is 0 Å². The predicted molar refractivity (Wildman–Crippen MR) is 55.0 cm³/mol. The number of aromatic nitrogens is 1. The molecule has 1 heterocycles. The fourth-order valence-corrected chi connectivity index (χ4v) is 1.58. The predicted octanol–water partition coefficient (Wildman–Crippen LogP) is 0.206. The molecule has 0 saturated heterocycles. The third-order valence-corrected chi connectivity index (χ3v) is 2.64. The molecule has 8 heteroatoms. The molecule has 1 aromatic rings. The number of anilines is 1. The molecular weight excluding hydrogens is 222 g/mol. The largest absolute Gasteiger partial charge is 0.394 e. The van der Waals surface area contributed by atoms with Crippen LogP contribution < -0.4 is 5.32 Å². The molecule has 0 spiro atoms. The highest BCUT2D eigenvalue weighted by molar-refractivity contribution is 7.18. The third-order valence-electron chi connectivity index (χ3n) is 1.78. The molecule has 0 aromatic carbocycles. The zero-order valence-electron chi connectivity index (χ0n) is 8.01. The minimum Gasteiger partial charge on any atom is -0.394 e. The second-order valence-corrected chi connectivity index (χ2v) is 4.27. The molecule has 0 aliphatic carbocycles. The van der Waals surface area contributed by atoms with Crippen molar-refractivity contribution in [3.8, 4) is 0 Å². The van der Waals surface area contributed by atoms with E-state index in [0.717, 1.165) is 17.5 Å². The van der Waals surface area contributed by atoms with Gasteiger partial charge in [0.05, 0.1) is 23.7 Å². The molecule has 1 aromatic heterocycles. The normalized spacial score (nSPS) is 11.4. The molecule has 0 aliphatic heterocycles. The van der Waals surface area contributed by atoms with Crippen molar-refractivity contribution in [3.05, 3.63) is 16.3 Å². The van der Waals surface area contributed by atoms with Crippen molar-refractivity contribution in [3.63, 3.8) is 0 Å². The topological polar surface area (TPSA) is 109 Å². The standard InChI is InChI=1S/C7H11N3O4S/c1-7(3-11,4-12)9-6-8-2-5(15-6)10(13)14/h2,11-12H,3-4H2,1H3,(H,8,9). The lowest BCUT2D eigenvalue weighted by molar-refractivity contribution is -0.380. The summed E-state index contributed by atoms with van der Waals surface area (Å²) in [6.45, 7) is 0.994. The van der Waals surface area contributed by atoms with Gasteiger partial charge in [0.15, 0.2) is 5.13 Å². The minimum atomic E-state index is -0.925. The van der Waals surface area contributed by atoms with E-state index in [4.69, 9.17) is 10.2 Å². The molecule has 1 rings (SSSR count). The van der Waals surface area contributed by atoms with Gasteiger partial charge < -0.3 is 15.5 Å². The van der Waals surface area contributed by atoms with Gasteiger partial charge >= 0.3 is 5.00 Å². The lowest BCUT2D eigenvalue weighted by Gasteiger charge is -2.25. The Morgan fingerprint density at radius 2 is 2.27 bits per heavy atom. The molecule has 15 heavy (non-hydrogen) atoms. The van der Waals surface area contributed by atoms with Crippen molar-refractivity contribution in [2.24, 2.45) is 0 Å². The van der Waals surface area contributed by atoms with E-state index in [0.29, 0.717) is 5.13 Å². The number of nitro groups is 1. The number of aliphatic hydroxyl groups is 2. The summed E-state index contributed by atoms with van der Waals surface area (Å²) < 4.78 is 0. The first kappa shape index (κ1) is 11.8. The van der Waals surface area contributed by atoms with Crippen LogP contribution in [0.4, 0.5) is 10.1 Å². The maximum Gasteiger partial charge on any atom is 0.345 e. The summed E-state index contributed by atoms with van der Waals surface area (Å²) in [5.41, 5.74) is -0.925. The SMILES string of the molecule is CC(CO)(CO)Nc1ncc([N+](=O)[O-])s1. The van der Waals surface area contributed by atoms with E-state index in [-0.39, 0.29) is 18.2 Å². The minimum absolute atomic E-state index is 0.0873. The van der Waals surface area contributed by atoms with E-state index in [1.807, 2.05) is 0 Å². The fraction of sp³-hybridized carbons (Fsp3) is 0.571. The van der Waals surface area contributed by atoms with Crippen molar-refractivity contribution in [2.75, 3.05) is 18.5 Å². The van der Waals surface area contributed by atoms with E-state index in [2.05, 4.69) is 10.3 Å². The van der Waals surface area contributed by atoms with E-state index >= 15 is 0 Å². The molecule has 7 nitrogen and oxygen atoms in total. The highest BCUT2D eigenvalue weighted by Gasteiger charge is 2.24. The van der Waals surface area contributed by atoms with Crippen LogP contribution >= 0.6 is 11.3 Å². The van der Waals surface area contributed by atoms with Crippen molar-refractivity contribution in [1.29, 1.82) is 0 Å².